The van der Waals surface area contributed by atoms with Gasteiger partial charge in [-0.3, -0.25) is 4.79 Å². The number of amides is 1. The monoisotopic (exact) mass is 305 g/mol. The van der Waals surface area contributed by atoms with Gasteiger partial charge in [0.2, 0.25) is 5.91 Å². The van der Waals surface area contributed by atoms with Crippen molar-refractivity contribution in [2.45, 2.75) is 29.4 Å². The van der Waals surface area contributed by atoms with E-state index in [0.717, 1.165) is 25.1 Å². The number of benzene rings is 1. The van der Waals surface area contributed by atoms with Gasteiger partial charge in [0.25, 0.3) is 0 Å². The number of rotatable bonds is 1. The van der Waals surface area contributed by atoms with Crippen molar-refractivity contribution in [3.8, 4) is 0 Å². The zero-order chi connectivity index (χ0) is 14.3. The molecule has 1 spiro atoms. The zero-order valence-electron chi connectivity index (χ0n) is 11.9. The number of carbonyl (C=O) groups excluding carboxylic acids is 1. The molecule has 0 N–H and O–H groups in total. The predicted octanol–water partition coefficient (Wildman–Crippen LogP) is 2.24. The molecule has 3 heterocycles. The molecule has 5 heteroatoms. The highest BCUT2D eigenvalue weighted by atomic mass is 32.2. The zero-order valence-corrected chi connectivity index (χ0v) is 12.7. The van der Waals surface area contributed by atoms with Gasteiger partial charge in [-0.05, 0) is 18.1 Å². The summed E-state index contributed by atoms with van der Waals surface area (Å²) in [7, 11) is 0. The van der Waals surface area contributed by atoms with Crippen molar-refractivity contribution < 1.29 is 14.3 Å². The first-order chi connectivity index (χ1) is 10.3. The first kappa shape index (κ1) is 13.6. The van der Waals surface area contributed by atoms with Gasteiger partial charge in [0.15, 0.2) is 5.79 Å². The molecule has 3 aliphatic rings. The molecule has 0 radical (unpaired) electrons. The van der Waals surface area contributed by atoms with Crippen LogP contribution in [0.25, 0.3) is 0 Å². The highest BCUT2D eigenvalue weighted by Crippen LogP contribution is 2.41. The number of nitrogens with zero attached hydrogens (tertiary/aromatic N) is 1. The third kappa shape index (κ3) is 2.37. The highest BCUT2D eigenvalue weighted by molar-refractivity contribution is 7.99. The Morgan fingerprint density at radius 2 is 2.10 bits per heavy atom. The van der Waals surface area contributed by atoms with Crippen LogP contribution in [0.4, 0.5) is 0 Å². The van der Waals surface area contributed by atoms with E-state index in [1.807, 2.05) is 17.0 Å². The third-order valence-corrected chi connectivity index (χ3v) is 5.72. The van der Waals surface area contributed by atoms with Crippen LogP contribution in [0.2, 0.25) is 0 Å². The van der Waals surface area contributed by atoms with Gasteiger partial charge in [-0.15, -0.1) is 11.8 Å². The molecule has 112 valence electrons. The molecule has 0 aromatic heterocycles. The minimum atomic E-state index is -0.529. The van der Waals surface area contributed by atoms with Crippen molar-refractivity contribution in [3.63, 3.8) is 0 Å². The van der Waals surface area contributed by atoms with E-state index in [9.17, 15) is 4.79 Å². The Morgan fingerprint density at radius 1 is 1.29 bits per heavy atom. The van der Waals surface area contributed by atoms with Gasteiger partial charge in [0.05, 0.1) is 25.7 Å². The lowest BCUT2D eigenvalue weighted by atomic mass is 9.97. The summed E-state index contributed by atoms with van der Waals surface area (Å²) in [5.74, 6) is 0.538. The summed E-state index contributed by atoms with van der Waals surface area (Å²) in [6, 6.07) is 8.25. The quantitative estimate of drug-likeness (QED) is 0.797. The SMILES string of the molecule is O=C(C1CSc2ccccc21)N1CCCC2(C1)OCCO2. The fraction of sp³-hybridized carbons (Fsp3) is 0.562. The van der Waals surface area contributed by atoms with Crippen LogP contribution < -0.4 is 0 Å². The highest BCUT2D eigenvalue weighted by Gasteiger charge is 2.44. The van der Waals surface area contributed by atoms with Crippen molar-refractivity contribution in [1.29, 1.82) is 0 Å². The Kier molecular flexibility index (Phi) is 3.44. The van der Waals surface area contributed by atoms with Crippen LogP contribution in [-0.4, -0.2) is 48.7 Å². The van der Waals surface area contributed by atoms with E-state index in [1.54, 1.807) is 11.8 Å². The lowest BCUT2D eigenvalue weighted by Crippen LogP contribution is -2.52. The molecule has 21 heavy (non-hydrogen) atoms. The number of piperidine rings is 1. The molecule has 4 nitrogen and oxygen atoms in total. The predicted molar refractivity (Wildman–Crippen MR) is 80.4 cm³/mol. The number of fused-ring (bicyclic) bond motifs is 1. The van der Waals surface area contributed by atoms with Crippen LogP contribution >= 0.6 is 11.8 Å². The molecule has 1 aromatic carbocycles. The van der Waals surface area contributed by atoms with Crippen LogP contribution in [0, 0.1) is 0 Å². The van der Waals surface area contributed by atoms with Crippen molar-refractivity contribution in [1.82, 2.24) is 4.90 Å². The first-order valence-electron chi connectivity index (χ1n) is 7.56. The maximum Gasteiger partial charge on any atom is 0.231 e. The van der Waals surface area contributed by atoms with Crippen LogP contribution in [0.1, 0.15) is 24.3 Å². The number of hydrogen-bond acceptors (Lipinski definition) is 4. The summed E-state index contributed by atoms with van der Waals surface area (Å²) in [5, 5.41) is 0. The molecule has 4 rings (SSSR count). The average Bonchev–Trinajstić information content (AvgIpc) is 3.14. The van der Waals surface area contributed by atoms with E-state index in [4.69, 9.17) is 9.47 Å². The van der Waals surface area contributed by atoms with Crippen molar-refractivity contribution >= 4 is 17.7 Å². The molecule has 2 fully saturated rings. The second kappa shape index (κ2) is 5.30. The Hall–Kier alpha value is -1.04. The summed E-state index contributed by atoms with van der Waals surface area (Å²) in [6.45, 7) is 2.68. The number of likely N-dealkylation sites (tertiary alicyclic amines) is 1. The molecule has 1 aromatic rings. The van der Waals surface area contributed by atoms with Crippen LogP contribution in [0.3, 0.4) is 0 Å². The molecule has 0 saturated carbocycles. The molecule has 1 unspecified atom stereocenters. The van der Waals surface area contributed by atoms with Gasteiger partial charge in [-0.1, -0.05) is 18.2 Å². The molecular formula is C16H19NO3S. The van der Waals surface area contributed by atoms with E-state index < -0.39 is 5.79 Å². The van der Waals surface area contributed by atoms with Gasteiger partial charge in [0, 0.05) is 23.6 Å². The summed E-state index contributed by atoms with van der Waals surface area (Å²) in [6.07, 6.45) is 1.85. The van der Waals surface area contributed by atoms with Crippen molar-refractivity contribution in [3.05, 3.63) is 29.8 Å². The molecule has 2 saturated heterocycles. The molecular weight excluding hydrogens is 286 g/mol. The smallest absolute Gasteiger partial charge is 0.231 e. The van der Waals surface area contributed by atoms with E-state index in [-0.39, 0.29) is 11.8 Å². The number of hydrogen-bond donors (Lipinski definition) is 0. The van der Waals surface area contributed by atoms with E-state index in [0.29, 0.717) is 19.8 Å². The minimum absolute atomic E-state index is 0.0113. The fourth-order valence-electron chi connectivity index (χ4n) is 3.50. The maximum atomic E-state index is 12.9. The fourth-order valence-corrected chi connectivity index (χ4v) is 4.72. The summed E-state index contributed by atoms with van der Waals surface area (Å²) in [5.41, 5.74) is 1.18. The second-order valence-corrected chi connectivity index (χ2v) is 6.93. The molecule has 1 atom stereocenters. The Morgan fingerprint density at radius 3 is 2.95 bits per heavy atom. The summed E-state index contributed by atoms with van der Waals surface area (Å²) in [4.78, 5) is 16.1. The standard InChI is InChI=1S/C16H19NO3S/c18-15(13-10-21-14-5-2-1-4-12(13)14)17-7-3-6-16(11-17)19-8-9-20-16/h1-2,4-5,13H,3,6-11H2. The van der Waals surface area contributed by atoms with Gasteiger partial charge in [-0.25, -0.2) is 0 Å². The number of thioether (sulfide) groups is 1. The second-order valence-electron chi connectivity index (χ2n) is 5.87. The van der Waals surface area contributed by atoms with Gasteiger partial charge in [0.1, 0.15) is 0 Å². The van der Waals surface area contributed by atoms with Gasteiger partial charge in [-0.2, -0.15) is 0 Å². The average molecular weight is 305 g/mol. The van der Waals surface area contributed by atoms with E-state index in [2.05, 4.69) is 12.1 Å². The maximum absolute atomic E-state index is 12.9. The summed E-state index contributed by atoms with van der Waals surface area (Å²) >= 11 is 1.78. The Balaban J connectivity index is 1.53. The van der Waals surface area contributed by atoms with E-state index >= 15 is 0 Å². The molecule has 0 bridgehead atoms. The largest absolute Gasteiger partial charge is 0.346 e. The summed E-state index contributed by atoms with van der Waals surface area (Å²) < 4.78 is 11.5. The van der Waals surface area contributed by atoms with Crippen molar-refractivity contribution in [2.75, 3.05) is 32.1 Å². The number of carbonyl (C=O) groups is 1. The van der Waals surface area contributed by atoms with Crippen LogP contribution in [0.15, 0.2) is 29.2 Å². The lowest BCUT2D eigenvalue weighted by molar-refractivity contribution is -0.193. The molecule has 3 aliphatic heterocycles. The molecule has 1 amide bonds. The van der Waals surface area contributed by atoms with Crippen LogP contribution in [0.5, 0.6) is 0 Å². The first-order valence-corrected chi connectivity index (χ1v) is 8.54. The molecule has 0 aliphatic carbocycles. The van der Waals surface area contributed by atoms with E-state index in [1.165, 1.54) is 10.5 Å². The Bertz CT molecular complexity index is 556. The normalized spacial score (nSPS) is 27.0. The number of ether oxygens (including phenoxy) is 2. The minimum Gasteiger partial charge on any atom is -0.346 e. The van der Waals surface area contributed by atoms with Crippen LogP contribution in [-0.2, 0) is 14.3 Å². The van der Waals surface area contributed by atoms with Gasteiger partial charge >= 0.3 is 0 Å². The topological polar surface area (TPSA) is 38.8 Å². The van der Waals surface area contributed by atoms with Gasteiger partial charge < -0.3 is 14.4 Å². The van der Waals surface area contributed by atoms with Crippen molar-refractivity contribution in [2.24, 2.45) is 0 Å². The third-order valence-electron chi connectivity index (χ3n) is 4.54. The lowest BCUT2D eigenvalue weighted by Gasteiger charge is -2.39. The Labute approximate surface area is 128 Å².